The lowest BCUT2D eigenvalue weighted by molar-refractivity contribution is 0.378. The van der Waals surface area contributed by atoms with E-state index in [1.54, 1.807) is 12.4 Å². The van der Waals surface area contributed by atoms with Crippen LogP contribution in [0.2, 0.25) is 0 Å². The molecule has 0 spiro atoms. The minimum absolute atomic E-state index is 0.628. The van der Waals surface area contributed by atoms with E-state index in [1.807, 2.05) is 23.9 Å². The summed E-state index contributed by atoms with van der Waals surface area (Å²) in [5.74, 6) is 2.36. The summed E-state index contributed by atoms with van der Waals surface area (Å²) in [7, 11) is 0. The van der Waals surface area contributed by atoms with Crippen LogP contribution in [-0.4, -0.2) is 20.9 Å². The van der Waals surface area contributed by atoms with Gasteiger partial charge >= 0.3 is 0 Å². The highest BCUT2D eigenvalue weighted by Crippen LogP contribution is 2.20. The largest absolute Gasteiger partial charge is 0.339 e. The predicted molar refractivity (Wildman–Crippen MR) is 87.8 cm³/mol. The van der Waals surface area contributed by atoms with Crippen molar-refractivity contribution in [3.05, 3.63) is 60.2 Å². The minimum atomic E-state index is 0.628. The molecular weight excluding hydrogens is 294 g/mol. The van der Waals surface area contributed by atoms with Crippen LogP contribution >= 0.6 is 11.8 Å². The number of aryl methyl sites for hydroxylation is 2. The van der Waals surface area contributed by atoms with Crippen molar-refractivity contribution in [3.8, 4) is 11.4 Å². The van der Waals surface area contributed by atoms with Crippen LogP contribution in [0.15, 0.2) is 58.2 Å². The van der Waals surface area contributed by atoms with E-state index in [4.69, 9.17) is 4.52 Å². The molecule has 4 nitrogen and oxygen atoms in total. The van der Waals surface area contributed by atoms with Gasteiger partial charge < -0.3 is 4.52 Å². The van der Waals surface area contributed by atoms with E-state index < -0.39 is 0 Å². The number of aromatic nitrogens is 3. The Hall–Kier alpha value is -2.14. The second-order valence-corrected chi connectivity index (χ2v) is 6.18. The molecule has 3 rings (SSSR count). The molecule has 3 aromatic rings. The summed E-state index contributed by atoms with van der Waals surface area (Å²) in [6.07, 6.45) is 5.26. The van der Waals surface area contributed by atoms with Crippen LogP contribution in [0.4, 0.5) is 0 Å². The molecule has 0 saturated carbocycles. The Balaban J connectivity index is 1.48. The Kier molecular flexibility index (Phi) is 4.85. The van der Waals surface area contributed by atoms with Crippen molar-refractivity contribution in [1.29, 1.82) is 0 Å². The number of thioether (sulfide) groups is 1. The maximum atomic E-state index is 5.30. The lowest BCUT2D eigenvalue weighted by atomic mass is 10.2. The van der Waals surface area contributed by atoms with Gasteiger partial charge in [0.2, 0.25) is 11.7 Å². The standard InChI is InChI=1S/C17H17N3OS/c1-13-4-6-15(7-5-13)22-12-2-3-16-19-17(20-21-16)14-8-10-18-11-9-14/h4-11H,2-3,12H2,1H3. The molecule has 0 amide bonds. The van der Waals surface area contributed by atoms with Crippen molar-refractivity contribution < 1.29 is 4.52 Å². The van der Waals surface area contributed by atoms with Gasteiger partial charge in [0.1, 0.15) is 0 Å². The zero-order chi connectivity index (χ0) is 15.2. The quantitative estimate of drug-likeness (QED) is 0.505. The first-order chi connectivity index (χ1) is 10.8. The zero-order valence-electron chi connectivity index (χ0n) is 12.4. The van der Waals surface area contributed by atoms with E-state index in [1.165, 1.54) is 10.5 Å². The van der Waals surface area contributed by atoms with E-state index in [-0.39, 0.29) is 0 Å². The molecule has 0 N–H and O–H groups in total. The van der Waals surface area contributed by atoms with Crippen LogP contribution in [0.1, 0.15) is 17.9 Å². The molecule has 2 aromatic heterocycles. The van der Waals surface area contributed by atoms with Gasteiger partial charge in [0.25, 0.3) is 0 Å². The summed E-state index contributed by atoms with van der Waals surface area (Å²) >= 11 is 1.85. The van der Waals surface area contributed by atoms with Crippen LogP contribution in [0.25, 0.3) is 11.4 Å². The Morgan fingerprint density at radius 1 is 1.05 bits per heavy atom. The Morgan fingerprint density at radius 2 is 1.82 bits per heavy atom. The molecular formula is C17H17N3OS. The van der Waals surface area contributed by atoms with Crippen LogP contribution < -0.4 is 0 Å². The van der Waals surface area contributed by atoms with E-state index in [2.05, 4.69) is 46.3 Å². The van der Waals surface area contributed by atoms with Crippen molar-refractivity contribution >= 4 is 11.8 Å². The molecule has 0 aliphatic carbocycles. The van der Waals surface area contributed by atoms with Crippen LogP contribution in [-0.2, 0) is 6.42 Å². The van der Waals surface area contributed by atoms with Crippen molar-refractivity contribution in [2.45, 2.75) is 24.7 Å². The third-order valence-corrected chi connectivity index (χ3v) is 4.33. The maximum Gasteiger partial charge on any atom is 0.226 e. The number of rotatable bonds is 6. The first-order valence-electron chi connectivity index (χ1n) is 7.24. The summed E-state index contributed by atoms with van der Waals surface area (Å²) in [4.78, 5) is 9.71. The molecule has 0 aliphatic heterocycles. The van der Waals surface area contributed by atoms with Crippen LogP contribution in [0, 0.1) is 6.92 Å². The highest BCUT2D eigenvalue weighted by atomic mass is 32.2. The first-order valence-corrected chi connectivity index (χ1v) is 8.22. The number of hydrogen-bond acceptors (Lipinski definition) is 5. The third kappa shape index (κ3) is 3.95. The minimum Gasteiger partial charge on any atom is -0.339 e. The topological polar surface area (TPSA) is 51.8 Å². The van der Waals surface area contributed by atoms with Gasteiger partial charge in [-0.05, 0) is 43.4 Å². The van der Waals surface area contributed by atoms with Gasteiger partial charge in [0, 0.05) is 29.3 Å². The number of nitrogens with zero attached hydrogens (tertiary/aromatic N) is 3. The Morgan fingerprint density at radius 3 is 2.59 bits per heavy atom. The lowest BCUT2D eigenvalue weighted by Gasteiger charge is -2.00. The molecule has 0 aliphatic rings. The molecule has 112 valence electrons. The highest BCUT2D eigenvalue weighted by Gasteiger charge is 2.08. The molecule has 1 aromatic carbocycles. The molecule has 2 heterocycles. The monoisotopic (exact) mass is 311 g/mol. The van der Waals surface area contributed by atoms with Gasteiger partial charge in [-0.1, -0.05) is 22.9 Å². The second-order valence-electron chi connectivity index (χ2n) is 5.01. The fraction of sp³-hybridized carbons (Fsp3) is 0.235. The second kappa shape index (κ2) is 7.22. The normalized spacial score (nSPS) is 10.8. The van der Waals surface area contributed by atoms with E-state index in [9.17, 15) is 0 Å². The van der Waals surface area contributed by atoms with Crippen molar-refractivity contribution in [3.63, 3.8) is 0 Å². The summed E-state index contributed by atoms with van der Waals surface area (Å²) in [5.41, 5.74) is 2.22. The Bertz CT molecular complexity index is 710. The van der Waals surface area contributed by atoms with Crippen molar-refractivity contribution in [1.82, 2.24) is 15.1 Å². The average Bonchev–Trinajstić information content (AvgIpc) is 3.03. The number of benzene rings is 1. The highest BCUT2D eigenvalue weighted by molar-refractivity contribution is 7.99. The van der Waals surface area contributed by atoms with E-state index in [0.29, 0.717) is 11.7 Å². The molecule has 5 heteroatoms. The molecule has 0 fully saturated rings. The third-order valence-electron chi connectivity index (χ3n) is 3.23. The van der Waals surface area contributed by atoms with Gasteiger partial charge in [-0.3, -0.25) is 4.98 Å². The van der Waals surface area contributed by atoms with Gasteiger partial charge in [-0.15, -0.1) is 11.8 Å². The molecule has 0 bridgehead atoms. The van der Waals surface area contributed by atoms with Gasteiger partial charge in [0.05, 0.1) is 0 Å². The molecule has 0 unspecified atom stereocenters. The smallest absolute Gasteiger partial charge is 0.226 e. The summed E-state index contributed by atoms with van der Waals surface area (Å²) in [5, 5.41) is 4.01. The zero-order valence-corrected chi connectivity index (χ0v) is 13.2. The fourth-order valence-corrected chi connectivity index (χ4v) is 2.88. The predicted octanol–water partition coefficient (Wildman–Crippen LogP) is 4.16. The fourth-order valence-electron chi connectivity index (χ4n) is 2.02. The summed E-state index contributed by atoms with van der Waals surface area (Å²) in [6.45, 7) is 2.10. The van der Waals surface area contributed by atoms with E-state index in [0.717, 1.165) is 24.2 Å². The summed E-state index contributed by atoms with van der Waals surface area (Å²) in [6, 6.07) is 12.4. The molecule has 0 saturated heterocycles. The molecule has 0 radical (unpaired) electrons. The van der Waals surface area contributed by atoms with Crippen molar-refractivity contribution in [2.24, 2.45) is 0 Å². The van der Waals surface area contributed by atoms with Gasteiger partial charge in [-0.2, -0.15) is 4.98 Å². The van der Waals surface area contributed by atoms with Gasteiger partial charge in [0.15, 0.2) is 0 Å². The molecule has 22 heavy (non-hydrogen) atoms. The SMILES string of the molecule is Cc1ccc(SCCCc2nc(-c3ccncc3)no2)cc1. The lowest BCUT2D eigenvalue weighted by Crippen LogP contribution is -1.89. The number of hydrogen-bond donors (Lipinski definition) is 0. The average molecular weight is 311 g/mol. The number of pyridine rings is 1. The Labute approximate surface area is 134 Å². The van der Waals surface area contributed by atoms with Crippen LogP contribution in [0.3, 0.4) is 0 Å². The van der Waals surface area contributed by atoms with E-state index >= 15 is 0 Å². The first kappa shape index (κ1) is 14.8. The summed E-state index contributed by atoms with van der Waals surface area (Å²) < 4.78 is 5.30. The van der Waals surface area contributed by atoms with Gasteiger partial charge in [-0.25, -0.2) is 0 Å². The maximum absolute atomic E-state index is 5.30. The molecule has 0 atom stereocenters. The van der Waals surface area contributed by atoms with Crippen molar-refractivity contribution in [2.75, 3.05) is 5.75 Å². The van der Waals surface area contributed by atoms with Crippen LogP contribution in [0.5, 0.6) is 0 Å².